The Hall–Kier alpha value is -1.42. The predicted molar refractivity (Wildman–Crippen MR) is 93.0 cm³/mol. The largest absolute Gasteiger partial charge is 0.490 e. The summed E-state index contributed by atoms with van der Waals surface area (Å²) in [6.45, 7) is -1.61. The molecule has 0 bridgehead atoms. The van der Waals surface area contributed by atoms with E-state index in [1.54, 1.807) is 0 Å². The third-order valence-electron chi connectivity index (χ3n) is 3.75. The fraction of sp³-hybridized carbons (Fsp3) is 0.500. The smallest absolute Gasteiger partial charge is 0.382 e. The van der Waals surface area contributed by atoms with Crippen LogP contribution >= 0.6 is 23.5 Å². The van der Waals surface area contributed by atoms with Gasteiger partial charge in [-0.25, -0.2) is 37.4 Å². The first-order valence-electron chi connectivity index (χ1n) is 7.83. The molecule has 5 atom stereocenters. The van der Waals surface area contributed by atoms with E-state index in [1.807, 2.05) is 0 Å². The Morgan fingerprint density at radius 1 is 1.19 bits per heavy atom. The summed E-state index contributed by atoms with van der Waals surface area (Å²) in [5.41, 5.74) is 5.84. The van der Waals surface area contributed by atoms with Gasteiger partial charge in [0.1, 0.15) is 24.7 Å². The Morgan fingerprint density at radius 2 is 1.87 bits per heavy atom. The third kappa shape index (κ3) is 5.69. The number of halogens is 2. The highest BCUT2D eigenvalue weighted by Crippen LogP contribution is 2.66. The second kappa shape index (κ2) is 8.17. The van der Waals surface area contributed by atoms with Crippen LogP contribution in [0.3, 0.4) is 0 Å². The number of phosphoric ester groups is 1. The molecule has 174 valence electrons. The maximum atomic E-state index is 14.9. The number of hydrogen-bond acceptors (Lipinski definition) is 11. The monoisotopic (exact) mass is 511 g/mol. The van der Waals surface area contributed by atoms with Gasteiger partial charge >= 0.3 is 23.5 Å². The highest BCUT2D eigenvalue weighted by atomic mass is 31.3. The highest BCUT2D eigenvalue weighted by molar-refractivity contribution is 7.66. The van der Waals surface area contributed by atoms with Gasteiger partial charge in [0, 0.05) is 6.42 Å². The summed E-state index contributed by atoms with van der Waals surface area (Å²) in [5.74, 6) is -3.33. The lowest BCUT2D eigenvalue weighted by Crippen LogP contribution is -2.36. The quantitative estimate of drug-likeness (QED) is 0.306. The van der Waals surface area contributed by atoms with Gasteiger partial charge in [0.15, 0.2) is 17.6 Å². The molecule has 3 heterocycles. The fourth-order valence-corrected chi connectivity index (χ4v) is 5.58. The number of hydrogen-bond donors (Lipinski definition) is 5. The van der Waals surface area contributed by atoms with E-state index in [-0.39, 0.29) is 17.0 Å². The molecule has 2 unspecified atom stereocenters. The molecule has 0 aromatic carbocycles. The lowest BCUT2D eigenvalue weighted by molar-refractivity contribution is -0.192. The van der Waals surface area contributed by atoms with Crippen LogP contribution in [0.25, 0.3) is 11.2 Å². The maximum Gasteiger partial charge on any atom is 0.490 e. The van der Waals surface area contributed by atoms with Crippen molar-refractivity contribution >= 4 is 40.4 Å². The van der Waals surface area contributed by atoms with Crippen LogP contribution in [0.2, 0.25) is 0 Å². The minimum absolute atomic E-state index is 0.00211. The van der Waals surface area contributed by atoms with Crippen molar-refractivity contribution in [1.29, 1.82) is 0 Å². The fourth-order valence-electron chi connectivity index (χ4n) is 2.55. The van der Waals surface area contributed by atoms with Crippen molar-refractivity contribution < 1.29 is 59.9 Å². The molecular weight excluding hydrogens is 497 g/mol. The van der Waals surface area contributed by atoms with E-state index in [0.717, 1.165) is 17.2 Å². The van der Waals surface area contributed by atoms with Crippen molar-refractivity contribution in [2.75, 3.05) is 12.3 Å². The van der Waals surface area contributed by atoms with Gasteiger partial charge in [-0.05, 0) is 0 Å². The number of nitrogens with two attached hydrogens (primary N) is 1. The molecule has 1 aliphatic rings. The number of nitrogens with zero attached hydrogens (tertiary/aromatic N) is 4. The van der Waals surface area contributed by atoms with Gasteiger partial charge in [-0.1, -0.05) is 0 Å². The van der Waals surface area contributed by atoms with Crippen LogP contribution in [-0.4, -0.2) is 57.7 Å². The van der Waals surface area contributed by atoms with Crippen LogP contribution in [0.1, 0.15) is 12.6 Å². The number of alkyl halides is 2. The SMILES string of the molecule is Nc1ncnc2c1ncn2[C@H]1C[C@H](F)[C@@](F)(COP(=O)(O)OP(=O)(O)OP(=O)(O)O)O1. The van der Waals surface area contributed by atoms with E-state index in [1.165, 1.54) is 0 Å². The van der Waals surface area contributed by atoms with E-state index in [4.69, 9.17) is 25.2 Å². The number of ether oxygens (including phenoxy) is 1. The molecule has 21 heteroatoms. The van der Waals surface area contributed by atoms with Gasteiger partial charge in [0.05, 0.1) is 6.33 Å². The van der Waals surface area contributed by atoms with E-state index in [2.05, 4.69) is 28.1 Å². The van der Waals surface area contributed by atoms with E-state index in [0.29, 0.717) is 0 Å². The molecule has 0 amide bonds. The summed E-state index contributed by atoms with van der Waals surface area (Å²) in [5, 5.41) is 0. The van der Waals surface area contributed by atoms with Gasteiger partial charge in [-0.3, -0.25) is 9.09 Å². The molecule has 1 saturated heterocycles. The molecule has 0 radical (unpaired) electrons. The number of anilines is 1. The Morgan fingerprint density at radius 3 is 2.52 bits per heavy atom. The molecule has 0 aliphatic carbocycles. The Bertz CT molecular complexity index is 1130. The van der Waals surface area contributed by atoms with Gasteiger partial charge in [0.25, 0.3) is 5.85 Å². The van der Waals surface area contributed by atoms with Gasteiger partial charge in [-0.2, -0.15) is 8.62 Å². The van der Waals surface area contributed by atoms with Crippen molar-refractivity contribution in [1.82, 2.24) is 19.5 Å². The summed E-state index contributed by atoms with van der Waals surface area (Å²) in [6.07, 6.45) is -2.17. The van der Waals surface area contributed by atoms with Crippen molar-refractivity contribution in [2.45, 2.75) is 24.7 Å². The van der Waals surface area contributed by atoms with Gasteiger partial charge in [-0.15, -0.1) is 0 Å². The topological polar surface area (TPSA) is 239 Å². The van der Waals surface area contributed by atoms with Crippen molar-refractivity contribution in [2.24, 2.45) is 0 Å². The lowest BCUT2D eigenvalue weighted by Gasteiger charge is -2.23. The van der Waals surface area contributed by atoms with E-state index >= 15 is 0 Å². The van der Waals surface area contributed by atoms with E-state index < -0.39 is 54.8 Å². The standard InChI is InChI=1S/C10H14F2N5O11P3/c11-5-1-6(17-4-16-7-8(13)14-3-15-9(7)17)26-10(5,12)2-25-30(21,22)28-31(23,24)27-29(18,19)20/h3-6H,1-2H2,(H,21,22)(H,23,24)(H2,13,14,15)(H2,18,19,20)/t5-,6+,10+/m0/s1. The minimum atomic E-state index is -5.81. The number of phosphoric acid groups is 3. The molecule has 6 N–H and O–H groups in total. The van der Waals surface area contributed by atoms with Crippen LogP contribution in [0.4, 0.5) is 14.6 Å². The zero-order valence-electron chi connectivity index (χ0n) is 14.8. The van der Waals surface area contributed by atoms with Crippen molar-refractivity contribution in [3.63, 3.8) is 0 Å². The summed E-state index contributed by atoms with van der Waals surface area (Å²) >= 11 is 0. The zero-order chi connectivity index (χ0) is 23.2. The van der Waals surface area contributed by atoms with Crippen LogP contribution in [-0.2, 0) is 31.6 Å². The first-order chi connectivity index (χ1) is 14.1. The molecule has 16 nitrogen and oxygen atoms in total. The first-order valence-corrected chi connectivity index (χ1v) is 12.4. The molecule has 3 rings (SSSR count). The minimum Gasteiger partial charge on any atom is -0.382 e. The normalized spacial score (nSPS) is 28.5. The summed E-state index contributed by atoms with van der Waals surface area (Å²) in [6, 6.07) is 0. The Kier molecular flexibility index (Phi) is 6.39. The second-order valence-corrected chi connectivity index (χ2v) is 10.4. The molecule has 1 fully saturated rings. The number of nitrogen functional groups attached to an aromatic ring is 1. The second-order valence-electron chi connectivity index (χ2n) is 6.01. The number of rotatable bonds is 8. The molecule has 0 spiro atoms. The van der Waals surface area contributed by atoms with Gasteiger partial charge in [0.2, 0.25) is 0 Å². The van der Waals surface area contributed by atoms with Gasteiger partial charge < -0.3 is 30.0 Å². The highest BCUT2D eigenvalue weighted by Gasteiger charge is 2.53. The number of imidazole rings is 1. The zero-order valence-corrected chi connectivity index (χ0v) is 17.5. The van der Waals surface area contributed by atoms with E-state index in [9.17, 15) is 27.4 Å². The maximum absolute atomic E-state index is 14.9. The third-order valence-corrected chi connectivity index (χ3v) is 7.53. The lowest BCUT2D eigenvalue weighted by atomic mass is 10.2. The summed E-state index contributed by atoms with van der Waals surface area (Å²) in [4.78, 5) is 46.8. The summed E-state index contributed by atoms with van der Waals surface area (Å²) in [7, 11) is -17.1. The average Bonchev–Trinajstić information content (AvgIpc) is 3.13. The molecule has 2 aromatic rings. The Balaban J connectivity index is 1.70. The van der Waals surface area contributed by atoms with Crippen molar-refractivity contribution in [3.05, 3.63) is 12.7 Å². The van der Waals surface area contributed by atoms with Crippen LogP contribution < -0.4 is 5.73 Å². The summed E-state index contributed by atoms with van der Waals surface area (Å²) < 4.78 is 79.9. The number of fused-ring (bicyclic) bond motifs is 1. The molecule has 31 heavy (non-hydrogen) atoms. The van der Waals surface area contributed by atoms with Crippen LogP contribution in [0.5, 0.6) is 0 Å². The van der Waals surface area contributed by atoms with Crippen molar-refractivity contribution in [3.8, 4) is 0 Å². The molecule has 0 saturated carbocycles. The predicted octanol–water partition coefficient (Wildman–Crippen LogP) is 0.675. The van der Waals surface area contributed by atoms with Crippen LogP contribution in [0.15, 0.2) is 12.7 Å². The molecular formula is C10H14F2N5O11P3. The number of aromatic nitrogens is 4. The molecule has 1 aliphatic heterocycles. The first kappa shape index (κ1) is 24.2. The average molecular weight is 511 g/mol. The molecule has 2 aromatic heterocycles. The van der Waals surface area contributed by atoms with Crippen LogP contribution in [0, 0.1) is 0 Å². The Labute approximate surface area is 170 Å².